The lowest BCUT2D eigenvalue weighted by Crippen LogP contribution is -2.37. The van der Waals surface area contributed by atoms with Crippen LogP contribution in [0.5, 0.6) is 0 Å². The van der Waals surface area contributed by atoms with Crippen molar-refractivity contribution in [2.45, 2.75) is 42.8 Å². The lowest BCUT2D eigenvalue weighted by molar-refractivity contribution is -0.125. The summed E-state index contributed by atoms with van der Waals surface area (Å²) in [5, 5.41) is 11.4. The second-order valence-electron chi connectivity index (χ2n) is 5.80. The molecule has 2 saturated heterocycles. The molecule has 0 aromatic heterocycles. The van der Waals surface area contributed by atoms with E-state index in [1.54, 1.807) is 12.1 Å². The molecule has 1 aromatic carbocycles. The van der Waals surface area contributed by atoms with Gasteiger partial charge >= 0.3 is 0 Å². The van der Waals surface area contributed by atoms with Gasteiger partial charge in [0.2, 0.25) is 15.9 Å². The van der Waals surface area contributed by atoms with Crippen LogP contribution in [0, 0.1) is 5.92 Å². The Kier molecular flexibility index (Phi) is 3.73. The highest BCUT2D eigenvalue weighted by molar-refractivity contribution is 7.89. The number of sulfonamides is 1. The minimum Gasteiger partial charge on any atom is -0.352 e. The first-order valence-electron chi connectivity index (χ1n) is 7.09. The molecule has 0 saturated carbocycles. The average molecular weight is 309 g/mol. The first-order valence-corrected chi connectivity index (χ1v) is 8.63. The summed E-state index contributed by atoms with van der Waals surface area (Å²) in [5.74, 6) is 0.0703. The number of carbonyl (C=O) groups is 1. The second-order valence-corrected chi connectivity index (χ2v) is 7.36. The smallest absolute Gasteiger partial charge is 0.238 e. The molecule has 2 aliphatic heterocycles. The van der Waals surface area contributed by atoms with E-state index in [4.69, 9.17) is 5.14 Å². The standard InChI is InChI=1S/C14H19N3O3S/c15-21(19,20)11-3-1-2-9(6-11)8-16-14(18)12-7-10-4-5-13(12)17-10/h1-3,6,10,12-13,17H,4-5,7-8H2,(H,16,18)(H2,15,19,20). The van der Waals surface area contributed by atoms with Gasteiger partial charge in [-0.25, -0.2) is 13.6 Å². The lowest BCUT2D eigenvalue weighted by atomic mass is 9.88. The van der Waals surface area contributed by atoms with Gasteiger partial charge in [0.15, 0.2) is 0 Å². The topological polar surface area (TPSA) is 101 Å². The van der Waals surface area contributed by atoms with Gasteiger partial charge in [-0.15, -0.1) is 0 Å². The second kappa shape index (κ2) is 5.40. The van der Waals surface area contributed by atoms with Gasteiger partial charge in [-0.1, -0.05) is 12.1 Å². The van der Waals surface area contributed by atoms with Crippen LogP contribution >= 0.6 is 0 Å². The van der Waals surface area contributed by atoms with E-state index >= 15 is 0 Å². The van der Waals surface area contributed by atoms with E-state index in [0.29, 0.717) is 18.6 Å². The molecule has 2 fully saturated rings. The van der Waals surface area contributed by atoms with Crippen molar-refractivity contribution in [2.24, 2.45) is 11.1 Å². The van der Waals surface area contributed by atoms with Gasteiger partial charge in [-0.05, 0) is 37.0 Å². The Morgan fingerprint density at radius 3 is 2.81 bits per heavy atom. The molecule has 2 heterocycles. The molecular formula is C14H19N3O3S. The Bertz CT molecular complexity index is 659. The molecule has 114 valence electrons. The van der Waals surface area contributed by atoms with E-state index in [-0.39, 0.29) is 16.7 Å². The number of amides is 1. The number of nitrogens with two attached hydrogens (primary N) is 1. The highest BCUT2D eigenvalue weighted by Crippen LogP contribution is 2.33. The summed E-state index contributed by atoms with van der Waals surface area (Å²) in [6, 6.07) is 7.12. The summed E-state index contributed by atoms with van der Waals surface area (Å²) in [4.78, 5) is 12.3. The molecule has 21 heavy (non-hydrogen) atoms. The van der Waals surface area contributed by atoms with Gasteiger partial charge in [-0.3, -0.25) is 4.79 Å². The maximum absolute atomic E-state index is 12.2. The number of nitrogens with one attached hydrogen (secondary N) is 2. The Balaban J connectivity index is 1.61. The van der Waals surface area contributed by atoms with E-state index < -0.39 is 10.0 Å². The molecule has 0 radical (unpaired) electrons. The molecule has 0 aliphatic carbocycles. The third kappa shape index (κ3) is 3.09. The Hall–Kier alpha value is -1.44. The fourth-order valence-corrected chi connectivity index (χ4v) is 3.85. The van der Waals surface area contributed by atoms with Gasteiger partial charge in [0, 0.05) is 18.6 Å². The quantitative estimate of drug-likeness (QED) is 0.733. The molecule has 3 atom stereocenters. The van der Waals surface area contributed by atoms with Crippen molar-refractivity contribution in [3.63, 3.8) is 0 Å². The molecule has 0 spiro atoms. The van der Waals surface area contributed by atoms with Crippen LogP contribution in [0.15, 0.2) is 29.2 Å². The normalized spacial score (nSPS) is 27.8. The fourth-order valence-electron chi connectivity index (χ4n) is 3.27. The first-order chi connectivity index (χ1) is 9.93. The molecule has 3 rings (SSSR count). The molecule has 2 bridgehead atoms. The largest absolute Gasteiger partial charge is 0.352 e. The number of hydrogen-bond donors (Lipinski definition) is 3. The number of primary sulfonamides is 1. The molecule has 2 aliphatic rings. The molecular weight excluding hydrogens is 290 g/mol. The Labute approximate surface area is 124 Å². The van der Waals surface area contributed by atoms with Crippen molar-refractivity contribution in [1.82, 2.24) is 10.6 Å². The van der Waals surface area contributed by atoms with E-state index in [0.717, 1.165) is 24.8 Å². The number of carbonyl (C=O) groups excluding carboxylic acids is 1. The first kappa shape index (κ1) is 14.5. The monoisotopic (exact) mass is 309 g/mol. The minimum absolute atomic E-state index is 0.0326. The third-order valence-corrected chi connectivity index (χ3v) is 5.24. The molecule has 6 nitrogen and oxygen atoms in total. The molecule has 1 amide bonds. The van der Waals surface area contributed by atoms with Crippen LogP contribution in [0.4, 0.5) is 0 Å². The zero-order valence-corrected chi connectivity index (χ0v) is 12.4. The van der Waals surface area contributed by atoms with Crippen LogP contribution in [-0.2, 0) is 21.4 Å². The minimum atomic E-state index is -3.71. The number of rotatable bonds is 4. The van der Waals surface area contributed by atoms with Crippen molar-refractivity contribution in [2.75, 3.05) is 0 Å². The van der Waals surface area contributed by atoms with Crippen molar-refractivity contribution in [1.29, 1.82) is 0 Å². The van der Waals surface area contributed by atoms with Gasteiger partial charge in [-0.2, -0.15) is 0 Å². The van der Waals surface area contributed by atoms with Crippen LogP contribution in [0.3, 0.4) is 0 Å². The predicted octanol–water partition coefficient (Wildman–Crippen LogP) is 0.0907. The highest BCUT2D eigenvalue weighted by atomic mass is 32.2. The van der Waals surface area contributed by atoms with Gasteiger partial charge in [0.1, 0.15) is 0 Å². The maximum Gasteiger partial charge on any atom is 0.238 e. The van der Waals surface area contributed by atoms with Crippen molar-refractivity contribution < 1.29 is 13.2 Å². The zero-order valence-electron chi connectivity index (χ0n) is 11.6. The maximum atomic E-state index is 12.2. The van der Waals surface area contributed by atoms with E-state index in [1.807, 2.05) is 0 Å². The Morgan fingerprint density at radius 1 is 1.38 bits per heavy atom. The van der Waals surface area contributed by atoms with E-state index in [9.17, 15) is 13.2 Å². The summed E-state index contributed by atoms with van der Waals surface area (Å²) >= 11 is 0. The molecule has 4 N–H and O–H groups in total. The molecule has 3 unspecified atom stereocenters. The van der Waals surface area contributed by atoms with Crippen LogP contribution in [-0.4, -0.2) is 26.4 Å². The van der Waals surface area contributed by atoms with Crippen LogP contribution in [0.2, 0.25) is 0 Å². The number of hydrogen-bond acceptors (Lipinski definition) is 4. The third-order valence-electron chi connectivity index (χ3n) is 4.33. The number of fused-ring (bicyclic) bond motifs is 2. The molecule has 7 heteroatoms. The summed E-state index contributed by atoms with van der Waals surface area (Å²) < 4.78 is 22.6. The van der Waals surface area contributed by atoms with Crippen LogP contribution in [0.1, 0.15) is 24.8 Å². The fraction of sp³-hybridized carbons (Fsp3) is 0.500. The van der Waals surface area contributed by atoms with Crippen LogP contribution in [0.25, 0.3) is 0 Å². The highest BCUT2D eigenvalue weighted by Gasteiger charge is 2.42. The van der Waals surface area contributed by atoms with E-state index in [1.165, 1.54) is 12.1 Å². The summed E-state index contributed by atoms with van der Waals surface area (Å²) in [5.41, 5.74) is 0.728. The zero-order chi connectivity index (χ0) is 15.0. The lowest BCUT2D eigenvalue weighted by Gasteiger charge is -2.19. The van der Waals surface area contributed by atoms with Crippen molar-refractivity contribution in [3.8, 4) is 0 Å². The van der Waals surface area contributed by atoms with Gasteiger partial charge in [0.05, 0.1) is 10.8 Å². The Morgan fingerprint density at radius 2 is 2.19 bits per heavy atom. The summed E-state index contributed by atoms with van der Waals surface area (Å²) in [6.45, 7) is 0.316. The molecule has 1 aromatic rings. The van der Waals surface area contributed by atoms with Crippen LogP contribution < -0.4 is 15.8 Å². The van der Waals surface area contributed by atoms with Gasteiger partial charge < -0.3 is 10.6 Å². The van der Waals surface area contributed by atoms with Crippen molar-refractivity contribution in [3.05, 3.63) is 29.8 Å². The summed E-state index contributed by atoms with van der Waals surface area (Å²) in [6.07, 6.45) is 3.11. The van der Waals surface area contributed by atoms with Gasteiger partial charge in [0.25, 0.3) is 0 Å². The number of benzene rings is 1. The summed E-state index contributed by atoms with van der Waals surface area (Å²) in [7, 11) is -3.71. The van der Waals surface area contributed by atoms with E-state index in [2.05, 4.69) is 10.6 Å². The SMILES string of the molecule is NS(=O)(=O)c1cccc(CNC(=O)C2CC3CCC2N3)c1. The predicted molar refractivity (Wildman–Crippen MR) is 77.7 cm³/mol. The van der Waals surface area contributed by atoms with Crippen molar-refractivity contribution >= 4 is 15.9 Å². The average Bonchev–Trinajstić information content (AvgIpc) is 3.07.